The van der Waals surface area contributed by atoms with Gasteiger partial charge in [-0.1, -0.05) is 47.5 Å². The second-order valence-corrected chi connectivity index (χ2v) is 6.27. The Bertz CT molecular complexity index is 616. The number of benzene rings is 2. The van der Waals surface area contributed by atoms with Gasteiger partial charge in [0, 0.05) is 11.6 Å². The molecule has 3 heteroatoms. The molecule has 0 amide bonds. The van der Waals surface area contributed by atoms with Gasteiger partial charge >= 0.3 is 0 Å². The Morgan fingerprint density at radius 3 is 2.40 bits per heavy atom. The zero-order valence-electron chi connectivity index (χ0n) is 11.4. The van der Waals surface area contributed by atoms with Crippen LogP contribution in [0.4, 0.5) is 5.69 Å². The molecule has 1 N–H and O–H groups in total. The minimum atomic E-state index is 0.710. The summed E-state index contributed by atoms with van der Waals surface area (Å²) in [7, 11) is 0. The summed E-state index contributed by atoms with van der Waals surface area (Å²) in [6.45, 7) is 2.71. The van der Waals surface area contributed by atoms with E-state index in [-0.39, 0.29) is 0 Å². The fourth-order valence-electron chi connectivity index (χ4n) is 2.30. The van der Waals surface area contributed by atoms with Crippen molar-refractivity contribution in [3.05, 3.63) is 63.1 Å². The van der Waals surface area contributed by atoms with Crippen molar-refractivity contribution in [1.82, 2.24) is 0 Å². The van der Waals surface area contributed by atoms with Crippen molar-refractivity contribution >= 4 is 28.9 Å². The highest BCUT2D eigenvalue weighted by atomic mass is 35.5. The smallest absolute Gasteiger partial charge is 0.0641 e. The molecule has 1 nitrogen and oxygen atoms in total. The first kappa shape index (κ1) is 13.8. The lowest BCUT2D eigenvalue weighted by atomic mass is 10.1. The van der Waals surface area contributed by atoms with E-state index >= 15 is 0 Å². The summed E-state index contributed by atoms with van der Waals surface area (Å²) in [5.41, 5.74) is 4.59. The first-order valence-corrected chi connectivity index (χ1v) is 7.67. The number of rotatable bonds is 4. The number of halogens is 2. The maximum absolute atomic E-state index is 6.22. The molecule has 0 aromatic heterocycles. The molecule has 0 atom stereocenters. The number of aryl methyl sites for hydroxylation is 1. The zero-order chi connectivity index (χ0) is 14.1. The lowest BCUT2D eigenvalue weighted by molar-refractivity contribution is 1.10. The topological polar surface area (TPSA) is 12.0 Å². The van der Waals surface area contributed by atoms with Gasteiger partial charge in [-0.25, -0.2) is 0 Å². The largest absolute Gasteiger partial charge is 0.380 e. The molecule has 0 bridgehead atoms. The zero-order valence-corrected chi connectivity index (χ0v) is 12.9. The number of anilines is 1. The fraction of sp³-hybridized carbons (Fsp3) is 0.294. The van der Waals surface area contributed by atoms with Gasteiger partial charge < -0.3 is 5.32 Å². The normalized spacial score (nSPS) is 14.3. The van der Waals surface area contributed by atoms with Crippen LogP contribution in [0.2, 0.25) is 10.0 Å². The first-order valence-electron chi connectivity index (χ1n) is 6.92. The second-order valence-electron chi connectivity index (χ2n) is 5.45. The molecule has 0 saturated heterocycles. The van der Waals surface area contributed by atoms with E-state index < -0.39 is 0 Å². The highest BCUT2D eigenvalue weighted by molar-refractivity contribution is 6.35. The van der Waals surface area contributed by atoms with E-state index in [0.29, 0.717) is 5.02 Å². The summed E-state index contributed by atoms with van der Waals surface area (Å²) >= 11 is 12.4. The lowest BCUT2D eigenvalue weighted by Crippen LogP contribution is -2.00. The molecular weight excluding hydrogens is 289 g/mol. The lowest BCUT2D eigenvalue weighted by Gasteiger charge is -2.11. The number of nitrogens with one attached hydrogen (secondary N) is 1. The molecule has 3 rings (SSSR count). The van der Waals surface area contributed by atoms with E-state index in [2.05, 4.69) is 29.6 Å². The van der Waals surface area contributed by atoms with Crippen molar-refractivity contribution in [2.45, 2.75) is 32.2 Å². The van der Waals surface area contributed by atoms with Crippen molar-refractivity contribution in [3.8, 4) is 0 Å². The molecule has 20 heavy (non-hydrogen) atoms. The molecule has 104 valence electrons. The average Bonchev–Trinajstić information content (AvgIpc) is 3.26. The second kappa shape index (κ2) is 5.67. The Morgan fingerprint density at radius 1 is 1.05 bits per heavy atom. The third kappa shape index (κ3) is 3.11. The molecule has 0 unspecified atom stereocenters. The summed E-state index contributed by atoms with van der Waals surface area (Å²) in [4.78, 5) is 0. The van der Waals surface area contributed by atoms with Gasteiger partial charge in [-0.2, -0.15) is 0 Å². The standard InChI is InChI=1S/C17H17Cl2N/c1-11-8-16(19)17(9-15(11)18)20-10-12-2-4-13(5-3-12)14-6-7-14/h2-5,8-9,14,20H,6-7,10H2,1H3. The molecular formula is C17H17Cl2N. The Labute approximate surface area is 129 Å². The molecule has 0 radical (unpaired) electrons. The van der Waals surface area contributed by atoms with Crippen LogP contribution >= 0.6 is 23.2 Å². The van der Waals surface area contributed by atoms with E-state index in [1.807, 2.05) is 19.1 Å². The maximum Gasteiger partial charge on any atom is 0.0641 e. The van der Waals surface area contributed by atoms with Gasteiger partial charge in [0.2, 0.25) is 0 Å². The van der Waals surface area contributed by atoms with Crippen LogP contribution in [0.3, 0.4) is 0 Å². The van der Waals surface area contributed by atoms with Gasteiger partial charge in [0.1, 0.15) is 0 Å². The third-order valence-corrected chi connectivity index (χ3v) is 4.48. The van der Waals surface area contributed by atoms with Crippen LogP contribution in [-0.4, -0.2) is 0 Å². The van der Waals surface area contributed by atoms with Crippen molar-refractivity contribution in [2.24, 2.45) is 0 Å². The van der Waals surface area contributed by atoms with Crippen LogP contribution < -0.4 is 5.32 Å². The van der Waals surface area contributed by atoms with Crippen LogP contribution in [0.1, 0.15) is 35.4 Å². The van der Waals surface area contributed by atoms with E-state index in [0.717, 1.165) is 28.7 Å². The highest BCUT2D eigenvalue weighted by Crippen LogP contribution is 2.39. The van der Waals surface area contributed by atoms with E-state index in [1.165, 1.54) is 24.0 Å². The fourth-order valence-corrected chi connectivity index (χ4v) is 2.75. The van der Waals surface area contributed by atoms with Crippen LogP contribution in [0.25, 0.3) is 0 Å². The molecule has 1 saturated carbocycles. The molecule has 0 aliphatic heterocycles. The van der Waals surface area contributed by atoms with Gasteiger partial charge in [0.25, 0.3) is 0 Å². The molecule has 2 aromatic carbocycles. The van der Waals surface area contributed by atoms with Gasteiger partial charge in [-0.15, -0.1) is 0 Å². The summed E-state index contributed by atoms with van der Waals surface area (Å²) in [5.74, 6) is 0.808. The van der Waals surface area contributed by atoms with Crippen LogP contribution in [0.5, 0.6) is 0 Å². The van der Waals surface area contributed by atoms with E-state index in [1.54, 1.807) is 0 Å². The molecule has 0 spiro atoms. The predicted molar refractivity (Wildman–Crippen MR) is 86.9 cm³/mol. The summed E-state index contributed by atoms with van der Waals surface area (Å²) in [5, 5.41) is 4.79. The van der Waals surface area contributed by atoms with E-state index in [9.17, 15) is 0 Å². The Hall–Kier alpha value is -1.18. The van der Waals surface area contributed by atoms with Crippen LogP contribution in [-0.2, 0) is 6.54 Å². The van der Waals surface area contributed by atoms with Crippen molar-refractivity contribution in [3.63, 3.8) is 0 Å². The van der Waals surface area contributed by atoms with Crippen molar-refractivity contribution < 1.29 is 0 Å². The summed E-state index contributed by atoms with van der Waals surface area (Å²) in [6.07, 6.45) is 2.68. The molecule has 1 aliphatic carbocycles. The van der Waals surface area contributed by atoms with Crippen molar-refractivity contribution in [2.75, 3.05) is 5.32 Å². The minimum Gasteiger partial charge on any atom is -0.380 e. The van der Waals surface area contributed by atoms with Gasteiger partial charge in [-0.3, -0.25) is 0 Å². The Balaban J connectivity index is 1.68. The Morgan fingerprint density at radius 2 is 1.75 bits per heavy atom. The minimum absolute atomic E-state index is 0.710. The van der Waals surface area contributed by atoms with Crippen LogP contribution in [0, 0.1) is 6.92 Å². The van der Waals surface area contributed by atoms with Crippen LogP contribution in [0.15, 0.2) is 36.4 Å². The number of hydrogen-bond acceptors (Lipinski definition) is 1. The summed E-state index contributed by atoms with van der Waals surface area (Å²) in [6, 6.07) is 12.6. The number of hydrogen-bond donors (Lipinski definition) is 1. The summed E-state index contributed by atoms with van der Waals surface area (Å²) < 4.78 is 0. The molecule has 2 aromatic rings. The molecule has 1 fully saturated rings. The first-order chi connectivity index (χ1) is 9.63. The maximum atomic E-state index is 6.22. The quantitative estimate of drug-likeness (QED) is 0.753. The van der Waals surface area contributed by atoms with Gasteiger partial charge in [0.15, 0.2) is 0 Å². The average molecular weight is 306 g/mol. The highest BCUT2D eigenvalue weighted by Gasteiger charge is 2.22. The SMILES string of the molecule is Cc1cc(Cl)c(NCc2ccc(C3CC3)cc2)cc1Cl. The van der Waals surface area contributed by atoms with Gasteiger partial charge in [-0.05, 0) is 54.5 Å². The van der Waals surface area contributed by atoms with Crippen molar-refractivity contribution in [1.29, 1.82) is 0 Å². The predicted octanol–water partition coefficient (Wildman–Crippen LogP) is 5.79. The molecule has 0 heterocycles. The Kier molecular flexibility index (Phi) is 3.91. The monoisotopic (exact) mass is 305 g/mol. The van der Waals surface area contributed by atoms with Gasteiger partial charge in [0.05, 0.1) is 10.7 Å². The molecule has 1 aliphatic rings. The third-order valence-electron chi connectivity index (χ3n) is 3.76. The van der Waals surface area contributed by atoms with E-state index in [4.69, 9.17) is 23.2 Å².